The zero-order valence-electron chi connectivity index (χ0n) is 10.2. The van der Waals surface area contributed by atoms with Crippen molar-refractivity contribution in [1.82, 2.24) is 0 Å². The fraction of sp³-hybridized carbons (Fsp3) is 0.312. The quantitative estimate of drug-likeness (QED) is 0.767. The van der Waals surface area contributed by atoms with Gasteiger partial charge in [0.1, 0.15) is 0 Å². The van der Waals surface area contributed by atoms with Gasteiger partial charge in [0, 0.05) is 10.2 Å². The van der Waals surface area contributed by atoms with Crippen LogP contribution in [-0.2, 0) is 0 Å². The lowest BCUT2D eigenvalue weighted by Crippen LogP contribution is -2.24. The maximum atomic E-state index is 8.01. The van der Waals surface area contributed by atoms with Crippen LogP contribution in [0.25, 0.3) is 0 Å². The summed E-state index contributed by atoms with van der Waals surface area (Å²) in [7, 11) is 0. The molecule has 0 aliphatic heterocycles. The van der Waals surface area contributed by atoms with Gasteiger partial charge in [0.2, 0.25) is 0 Å². The second-order valence-corrected chi connectivity index (χ2v) is 6.03. The van der Waals surface area contributed by atoms with E-state index in [4.69, 9.17) is 5.41 Å². The second-order valence-electron chi connectivity index (χ2n) is 5.12. The molecule has 2 aliphatic rings. The molecule has 0 fully saturated rings. The van der Waals surface area contributed by atoms with E-state index in [1.165, 1.54) is 24.0 Å². The van der Waals surface area contributed by atoms with Crippen molar-refractivity contribution in [2.45, 2.75) is 25.2 Å². The number of nitrogens with one attached hydrogen (secondary N) is 1. The molecule has 2 heteroatoms. The van der Waals surface area contributed by atoms with Crippen molar-refractivity contribution in [1.29, 1.82) is 5.41 Å². The highest BCUT2D eigenvalue weighted by Gasteiger charge is 2.30. The SMILES string of the molecule is N=C1C=C2C=CCCC2C(c2ccc(Br)cc2)C1. The van der Waals surface area contributed by atoms with Gasteiger partial charge >= 0.3 is 0 Å². The van der Waals surface area contributed by atoms with E-state index in [9.17, 15) is 0 Å². The summed E-state index contributed by atoms with van der Waals surface area (Å²) >= 11 is 3.49. The van der Waals surface area contributed by atoms with Gasteiger partial charge in [-0.2, -0.15) is 0 Å². The van der Waals surface area contributed by atoms with E-state index in [1.54, 1.807) is 0 Å². The monoisotopic (exact) mass is 301 g/mol. The van der Waals surface area contributed by atoms with Crippen LogP contribution in [0.5, 0.6) is 0 Å². The molecule has 2 unspecified atom stereocenters. The van der Waals surface area contributed by atoms with Gasteiger partial charge < -0.3 is 5.41 Å². The molecule has 1 aromatic carbocycles. The standard InChI is InChI=1S/C16H16BrN/c17-13-7-5-11(6-8-13)16-10-14(18)9-12-3-1-2-4-15(12)16/h1,3,5-9,15-16,18H,2,4,10H2. The lowest BCUT2D eigenvalue weighted by atomic mass is 9.70. The average Bonchev–Trinajstić information content (AvgIpc) is 2.38. The van der Waals surface area contributed by atoms with Crippen LogP contribution in [0, 0.1) is 11.3 Å². The second kappa shape index (κ2) is 4.85. The minimum atomic E-state index is 0.482. The van der Waals surface area contributed by atoms with Gasteiger partial charge in [-0.3, -0.25) is 0 Å². The van der Waals surface area contributed by atoms with Gasteiger partial charge in [-0.25, -0.2) is 0 Å². The van der Waals surface area contributed by atoms with E-state index in [1.807, 2.05) is 0 Å². The molecule has 0 spiro atoms. The van der Waals surface area contributed by atoms with Crippen LogP contribution in [0.3, 0.4) is 0 Å². The third-order valence-electron chi connectivity index (χ3n) is 3.95. The molecule has 92 valence electrons. The lowest BCUT2D eigenvalue weighted by molar-refractivity contribution is 0.455. The molecule has 0 radical (unpaired) electrons. The van der Waals surface area contributed by atoms with E-state index >= 15 is 0 Å². The molecule has 1 aromatic rings. The summed E-state index contributed by atoms with van der Waals surface area (Å²) in [6, 6.07) is 8.61. The highest BCUT2D eigenvalue weighted by Crippen LogP contribution is 2.42. The fourth-order valence-corrected chi connectivity index (χ4v) is 3.34. The Morgan fingerprint density at radius 1 is 1.11 bits per heavy atom. The number of rotatable bonds is 1. The van der Waals surface area contributed by atoms with E-state index in [2.05, 4.69) is 58.4 Å². The Bertz CT molecular complexity index is 525. The molecule has 0 bridgehead atoms. The molecule has 2 atom stereocenters. The Labute approximate surface area is 116 Å². The van der Waals surface area contributed by atoms with Crippen LogP contribution in [-0.4, -0.2) is 5.71 Å². The average molecular weight is 302 g/mol. The zero-order chi connectivity index (χ0) is 12.5. The van der Waals surface area contributed by atoms with Gasteiger partial charge in [-0.1, -0.05) is 40.2 Å². The first-order chi connectivity index (χ1) is 8.74. The predicted octanol–water partition coefficient (Wildman–Crippen LogP) is 4.85. The Morgan fingerprint density at radius 3 is 2.67 bits per heavy atom. The number of fused-ring (bicyclic) bond motifs is 1. The molecule has 3 rings (SSSR count). The first-order valence-corrected chi connectivity index (χ1v) is 7.24. The van der Waals surface area contributed by atoms with E-state index < -0.39 is 0 Å². The molecule has 0 saturated heterocycles. The summed E-state index contributed by atoms with van der Waals surface area (Å²) < 4.78 is 1.12. The third-order valence-corrected chi connectivity index (χ3v) is 4.48. The van der Waals surface area contributed by atoms with Crippen molar-refractivity contribution >= 4 is 21.6 Å². The first-order valence-electron chi connectivity index (χ1n) is 6.45. The van der Waals surface area contributed by atoms with Gasteiger partial charge in [0.25, 0.3) is 0 Å². The van der Waals surface area contributed by atoms with Crippen molar-refractivity contribution in [3.63, 3.8) is 0 Å². The van der Waals surface area contributed by atoms with Gasteiger partial charge in [-0.15, -0.1) is 0 Å². The van der Waals surface area contributed by atoms with Crippen LogP contribution in [0.1, 0.15) is 30.7 Å². The first kappa shape index (κ1) is 11.9. The fourth-order valence-electron chi connectivity index (χ4n) is 3.07. The van der Waals surface area contributed by atoms with Gasteiger partial charge in [0.05, 0.1) is 0 Å². The number of allylic oxidation sites excluding steroid dienone is 4. The highest BCUT2D eigenvalue weighted by atomic mass is 79.9. The molecule has 1 nitrogen and oxygen atoms in total. The smallest absolute Gasteiger partial charge is 0.0323 e. The minimum Gasteiger partial charge on any atom is -0.305 e. The number of halogens is 1. The van der Waals surface area contributed by atoms with E-state index in [0.717, 1.165) is 16.6 Å². The van der Waals surface area contributed by atoms with E-state index in [-0.39, 0.29) is 0 Å². The maximum Gasteiger partial charge on any atom is 0.0323 e. The summed E-state index contributed by atoms with van der Waals surface area (Å²) in [5.74, 6) is 1.08. The van der Waals surface area contributed by atoms with Gasteiger partial charge in [0.15, 0.2) is 0 Å². The summed E-state index contributed by atoms with van der Waals surface area (Å²) in [6.45, 7) is 0. The maximum absolute atomic E-state index is 8.01. The molecule has 0 heterocycles. The van der Waals surface area contributed by atoms with Crippen molar-refractivity contribution < 1.29 is 0 Å². The Balaban J connectivity index is 1.97. The van der Waals surface area contributed by atoms with Crippen molar-refractivity contribution in [2.24, 2.45) is 5.92 Å². The Hall–Kier alpha value is -1.15. The van der Waals surface area contributed by atoms with Crippen molar-refractivity contribution in [2.75, 3.05) is 0 Å². The molecule has 0 saturated carbocycles. The van der Waals surface area contributed by atoms with Crippen LogP contribution >= 0.6 is 15.9 Å². The Kier molecular flexibility index (Phi) is 3.21. The van der Waals surface area contributed by atoms with Crippen molar-refractivity contribution in [3.8, 4) is 0 Å². The molecular weight excluding hydrogens is 286 g/mol. The molecule has 0 amide bonds. The summed E-state index contributed by atoms with van der Waals surface area (Å²) in [5, 5.41) is 8.01. The van der Waals surface area contributed by atoms with Gasteiger partial charge in [-0.05, 0) is 60.4 Å². The van der Waals surface area contributed by atoms with Crippen LogP contribution in [0.4, 0.5) is 0 Å². The number of hydrogen-bond donors (Lipinski definition) is 1. The normalized spacial score (nSPS) is 26.7. The molecule has 1 N–H and O–H groups in total. The third kappa shape index (κ3) is 2.22. The molecule has 18 heavy (non-hydrogen) atoms. The minimum absolute atomic E-state index is 0.482. The van der Waals surface area contributed by atoms with Crippen LogP contribution in [0.15, 0.2) is 52.5 Å². The Morgan fingerprint density at radius 2 is 1.89 bits per heavy atom. The topological polar surface area (TPSA) is 23.9 Å². The number of benzene rings is 1. The zero-order valence-corrected chi connectivity index (χ0v) is 11.8. The lowest BCUT2D eigenvalue weighted by Gasteiger charge is -2.34. The van der Waals surface area contributed by atoms with E-state index in [0.29, 0.717) is 11.8 Å². The van der Waals surface area contributed by atoms with Crippen LogP contribution < -0.4 is 0 Å². The summed E-state index contributed by atoms with van der Waals surface area (Å²) in [5.41, 5.74) is 3.49. The molecule has 2 aliphatic carbocycles. The summed E-state index contributed by atoms with van der Waals surface area (Å²) in [6.07, 6.45) is 9.78. The highest BCUT2D eigenvalue weighted by molar-refractivity contribution is 9.10. The van der Waals surface area contributed by atoms with Crippen LogP contribution in [0.2, 0.25) is 0 Å². The number of hydrogen-bond acceptors (Lipinski definition) is 1. The van der Waals surface area contributed by atoms with Crippen molar-refractivity contribution in [3.05, 3.63) is 58.1 Å². The molecule has 0 aromatic heterocycles. The summed E-state index contributed by atoms with van der Waals surface area (Å²) in [4.78, 5) is 0. The largest absolute Gasteiger partial charge is 0.305 e. The predicted molar refractivity (Wildman–Crippen MR) is 79.2 cm³/mol. The molecular formula is C16H16BrN.